The Morgan fingerprint density at radius 1 is 1.29 bits per heavy atom. The van der Waals surface area contributed by atoms with Crippen LogP contribution in [0.5, 0.6) is 0 Å². The second kappa shape index (κ2) is 5.55. The molecule has 2 unspecified atom stereocenters. The first-order valence-electron chi connectivity index (χ1n) is 4.95. The highest BCUT2D eigenvalue weighted by molar-refractivity contribution is 5.55. The zero-order valence-electron chi connectivity index (χ0n) is 8.35. The van der Waals surface area contributed by atoms with Crippen molar-refractivity contribution >= 4 is 6.29 Å². The number of aldehydes is 1. The minimum atomic E-state index is -0.909. The van der Waals surface area contributed by atoms with E-state index >= 15 is 0 Å². The van der Waals surface area contributed by atoms with E-state index in [1.807, 2.05) is 25.1 Å². The van der Waals surface area contributed by atoms with E-state index in [1.165, 1.54) is 0 Å². The largest absolute Gasteiger partial charge is 0.303 e. The maximum absolute atomic E-state index is 11.8. The van der Waals surface area contributed by atoms with Crippen molar-refractivity contribution in [3.8, 4) is 0 Å². The molecule has 2 atom stereocenters. The van der Waals surface area contributed by atoms with Crippen molar-refractivity contribution in [3.63, 3.8) is 0 Å². The number of carbonyl (C=O) groups excluding carboxylic acids is 1. The van der Waals surface area contributed by atoms with E-state index in [4.69, 9.17) is 0 Å². The monoisotopic (exact) mass is 191 g/mol. The van der Waals surface area contributed by atoms with Gasteiger partial charge in [0.05, 0.1) is 0 Å². The summed E-state index contributed by atoms with van der Waals surface area (Å²) in [7, 11) is 0. The van der Waals surface area contributed by atoms with Crippen LogP contribution in [0.1, 0.15) is 31.4 Å². The molecule has 0 aliphatic rings. The molecule has 1 aromatic rings. The summed E-state index contributed by atoms with van der Waals surface area (Å²) >= 11 is 0. The molecule has 2 nitrogen and oxygen atoms in total. The van der Waals surface area contributed by atoms with Crippen LogP contribution in [0.4, 0.5) is 0 Å². The fourth-order valence-electron chi connectivity index (χ4n) is 1.51. The quantitative estimate of drug-likeness (QED) is 0.659. The molecule has 1 rings (SSSR count). The lowest BCUT2D eigenvalue weighted by Gasteiger charge is -2.14. The molecule has 0 spiro atoms. The number of carbonyl (C=O) groups is 1. The standard InChI is InChI=1S/C12H15O2/c1-2-6-11(9-13)12(14)10-7-4-3-5-8-10/h3-5,7-9,11-12H,2,6H2,1H3. The third kappa shape index (κ3) is 2.67. The van der Waals surface area contributed by atoms with Gasteiger partial charge in [-0.05, 0) is 12.0 Å². The third-order valence-corrected chi connectivity index (χ3v) is 2.31. The first kappa shape index (κ1) is 10.9. The van der Waals surface area contributed by atoms with Crippen molar-refractivity contribution in [2.45, 2.75) is 25.9 Å². The summed E-state index contributed by atoms with van der Waals surface area (Å²) < 4.78 is 0. The van der Waals surface area contributed by atoms with Gasteiger partial charge in [0.25, 0.3) is 0 Å². The molecule has 0 aliphatic carbocycles. The van der Waals surface area contributed by atoms with E-state index in [9.17, 15) is 9.90 Å². The van der Waals surface area contributed by atoms with Crippen LogP contribution in [0, 0.1) is 5.92 Å². The smallest absolute Gasteiger partial charge is 0.127 e. The van der Waals surface area contributed by atoms with Gasteiger partial charge < -0.3 is 4.79 Å². The highest BCUT2D eigenvalue weighted by atomic mass is 16.3. The van der Waals surface area contributed by atoms with Gasteiger partial charge in [-0.25, -0.2) is 5.11 Å². The second-order valence-corrected chi connectivity index (χ2v) is 3.42. The highest BCUT2D eigenvalue weighted by Crippen LogP contribution is 2.24. The summed E-state index contributed by atoms with van der Waals surface area (Å²) in [4.78, 5) is 10.7. The van der Waals surface area contributed by atoms with Crippen molar-refractivity contribution in [1.82, 2.24) is 0 Å². The van der Waals surface area contributed by atoms with Crippen molar-refractivity contribution in [2.75, 3.05) is 0 Å². The molecule has 0 amide bonds. The van der Waals surface area contributed by atoms with Gasteiger partial charge in [0.2, 0.25) is 0 Å². The Kier molecular flexibility index (Phi) is 4.33. The summed E-state index contributed by atoms with van der Waals surface area (Å²) in [5, 5.41) is 11.8. The summed E-state index contributed by atoms with van der Waals surface area (Å²) in [5.41, 5.74) is 0.707. The summed E-state index contributed by atoms with van der Waals surface area (Å²) in [6.07, 6.45) is 1.42. The Bertz CT molecular complexity index is 269. The maximum atomic E-state index is 11.8. The van der Waals surface area contributed by atoms with Crippen molar-refractivity contribution in [2.24, 2.45) is 5.92 Å². The minimum absolute atomic E-state index is 0.387. The lowest BCUT2D eigenvalue weighted by molar-refractivity contribution is -0.116. The van der Waals surface area contributed by atoms with Gasteiger partial charge in [0, 0.05) is 5.92 Å². The fourth-order valence-corrected chi connectivity index (χ4v) is 1.51. The first-order chi connectivity index (χ1) is 6.79. The molecule has 0 N–H and O–H groups in total. The van der Waals surface area contributed by atoms with Crippen LogP contribution in [-0.4, -0.2) is 6.29 Å². The van der Waals surface area contributed by atoms with Gasteiger partial charge in [-0.15, -0.1) is 0 Å². The molecule has 0 aliphatic heterocycles. The average molecular weight is 191 g/mol. The Morgan fingerprint density at radius 2 is 1.93 bits per heavy atom. The molecule has 0 heterocycles. The molecular formula is C12H15O2. The van der Waals surface area contributed by atoms with Crippen LogP contribution in [0.3, 0.4) is 0 Å². The molecule has 0 saturated carbocycles. The van der Waals surface area contributed by atoms with Crippen LogP contribution in [0.2, 0.25) is 0 Å². The first-order valence-corrected chi connectivity index (χ1v) is 4.95. The van der Waals surface area contributed by atoms with Gasteiger partial charge in [-0.3, -0.25) is 0 Å². The number of benzene rings is 1. The summed E-state index contributed by atoms with van der Waals surface area (Å²) in [6, 6.07) is 9.09. The van der Waals surface area contributed by atoms with Gasteiger partial charge in [-0.1, -0.05) is 43.7 Å². The van der Waals surface area contributed by atoms with Crippen molar-refractivity contribution in [3.05, 3.63) is 35.9 Å². The van der Waals surface area contributed by atoms with Crippen LogP contribution < -0.4 is 0 Å². The fraction of sp³-hybridized carbons (Fsp3) is 0.417. The van der Waals surface area contributed by atoms with Gasteiger partial charge in [0.15, 0.2) is 0 Å². The number of hydrogen-bond donors (Lipinski definition) is 0. The molecule has 14 heavy (non-hydrogen) atoms. The molecule has 2 heteroatoms. The highest BCUT2D eigenvalue weighted by Gasteiger charge is 2.20. The normalized spacial score (nSPS) is 14.7. The van der Waals surface area contributed by atoms with Crippen LogP contribution in [-0.2, 0) is 9.90 Å². The van der Waals surface area contributed by atoms with Gasteiger partial charge in [-0.2, -0.15) is 0 Å². The molecule has 1 radical (unpaired) electrons. The lowest BCUT2D eigenvalue weighted by atomic mass is 9.93. The van der Waals surface area contributed by atoms with Gasteiger partial charge in [0.1, 0.15) is 12.4 Å². The zero-order chi connectivity index (χ0) is 10.4. The minimum Gasteiger partial charge on any atom is -0.303 e. The molecule has 0 aromatic heterocycles. The molecular weight excluding hydrogens is 176 g/mol. The Balaban J connectivity index is 2.72. The molecule has 75 valence electrons. The third-order valence-electron chi connectivity index (χ3n) is 2.31. The maximum Gasteiger partial charge on any atom is 0.127 e. The SMILES string of the molecule is CCCC(C=O)C([O])c1ccccc1. The van der Waals surface area contributed by atoms with E-state index in [-0.39, 0.29) is 5.92 Å². The zero-order valence-corrected chi connectivity index (χ0v) is 8.35. The van der Waals surface area contributed by atoms with Gasteiger partial charge >= 0.3 is 0 Å². The lowest BCUT2D eigenvalue weighted by Crippen LogP contribution is -2.12. The van der Waals surface area contributed by atoms with E-state index < -0.39 is 6.10 Å². The summed E-state index contributed by atoms with van der Waals surface area (Å²) in [6.45, 7) is 1.98. The Labute approximate surface area is 84.6 Å². The van der Waals surface area contributed by atoms with Crippen LogP contribution in [0.15, 0.2) is 30.3 Å². The molecule has 1 aromatic carbocycles. The van der Waals surface area contributed by atoms with E-state index in [2.05, 4.69) is 0 Å². The predicted octanol–water partition coefficient (Wildman–Crippen LogP) is 2.77. The van der Waals surface area contributed by atoms with E-state index in [0.29, 0.717) is 12.0 Å². The number of rotatable bonds is 5. The van der Waals surface area contributed by atoms with Crippen LogP contribution in [0.25, 0.3) is 0 Å². The molecule has 0 bridgehead atoms. The van der Waals surface area contributed by atoms with E-state index in [1.54, 1.807) is 12.1 Å². The summed E-state index contributed by atoms with van der Waals surface area (Å²) in [5.74, 6) is -0.387. The van der Waals surface area contributed by atoms with E-state index in [0.717, 1.165) is 12.7 Å². The average Bonchev–Trinajstić information content (AvgIpc) is 2.26. The van der Waals surface area contributed by atoms with Crippen molar-refractivity contribution in [1.29, 1.82) is 0 Å². The van der Waals surface area contributed by atoms with Crippen molar-refractivity contribution < 1.29 is 9.90 Å². The topological polar surface area (TPSA) is 37.0 Å². The Morgan fingerprint density at radius 3 is 2.43 bits per heavy atom. The van der Waals surface area contributed by atoms with Crippen LogP contribution >= 0.6 is 0 Å². The predicted molar refractivity (Wildman–Crippen MR) is 54.3 cm³/mol. The second-order valence-electron chi connectivity index (χ2n) is 3.42. The number of hydrogen-bond acceptors (Lipinski definition) is 1. The molecule has 0 saturated heterocycles. The molecule has 0 fully saturated rings. The Hall–Kier alpha value is -1.15.